The zero-order chi connectivity index (χ0) is 13.5. The van der Waals surface area contributed by atoms with Gasteiger partial charge in [0.05, 0.1) is 6.61 Å². The Morgan fingerprint density at radius 3 is 2.79 bits per heavy atom. The highest BCUT2D eigenvalue weighted by Crippen LogP contribution is 2.16. The predicted octanol–water partition coefficient (Wildman–Crippen LogP) is 3.25. The maximum absolute atomic E-state index is 5.20. The van der Waals surface area contributed by atoms with Crippen LogP contribution in [0, 0.1) is 0 Å². The highest BCUT2D eigenvalue weighted by molar-refractivity contribution is 7.09. The summed E-state index contributed by atoms with van der Waals surface area (Å²) in [6.45, 7) is 3.52. The van der Waals surface area contributed by atoms with Crippen molar-refractivity contribution in [1.82, 2.24) is 9.36 Å². The summed E-state index contributed by atoms with van der Waals surface area (Å²) in [7, 11) is 1.71. The number of nitrogens with zero attached hydrogens (tertiary/aromatic N) is 2. The first kappa shape index (κ1) is 14.0. The largest absolute Gasteiger partial charge is 0.380 e. The van der Waals surface area contributed by atoms with Gasteiger partial charge >= 0.3 is 0 Å². The first-order valence-electron chi connectivity index (χ1n) is 6.45. The molecule has 0 amide bonds. The fourth-order valence-electron chi connectivity index (χ4n) is 1.85. The van der Waals surface area contributed by atoms with Crippen molar-refractivity contribution >= 4 is 16.7 Å². The number of hydrogen-bond donors (Lipinski definition) is 1. The molecule has 2 aromatic rings. The average molecular weight is 277 g/mol. The second-order valence-electron chi connectivity index (χ2n) is 4.32. The third-order valence-electron chi connectivity index (χ3n) is 2.79. The summed E-state index contributed by atoms with van der Waals surface area (Å²) >= 11 is 1.42. The van der Waals surface area contributed by atoms with Gasteiger partial charge in [-0.05, 0) is 17.5 Å². The summed E-state index contributed by atoms with van der Waals surface area (Å²) < 4.78 is 9.52. The van der Waals surface area contributed by atoms with Crippen molar-refractivity contribution in [2.24, 2.45) is 0 Å². The van der Waals surface area contributed by atoms with Crippen molar-refractivity contribution in [3.63, 3.8) is 0 Å². The fraction of sp³-hybridized carbons (Fsp3) is 0.429. The molecule has 0 atom stereocenters. The fourth-order valence-corrected chi connectivity index (χ4v) is 2.45. The molecule has 0 radical (unpaired) electrons. The molecule has 2 rings (SSSR count). The van der Waals surface area contributed by atoms with E-state index in [1.165, 1.54) is 22.7 Å². The highest BCUT2D eigenvalue weighted by Gasteiger charge is 2.05. The van der Waals surface area contributed by atoms with Crippen LogP contribution in [0.3, 0.4) is 0 Å². The van der Waals surface area contributed by atoms with Gasteiger partial charge in [-0.25, -0.2) is 4.98 Å². The Morgan fingerprint density at radius 2 is 2.05 bits per heavy atom. The molecule has 1 aromatic carbocycles. The number of nitrogens with one attached hydrogen (secondary N) is 1. The van der Waals surface area contributed by atoms with Crippen LogP contribution in [0.4, 0.5) is 5.13 Å². The molecule has 1 N–H and O–H groups in total. The normalized spacial score (nSPS) is 10.6. The number of aromatic nitrogens is 2. The van der Waals surface area contributed by atoms with E-state index in [4.69, 9.17) is 4.74 Å². The van der Waals surface area contributed by atoms with Crippen LogP contribution < -0.4 is 5.32 Å². The maximum atomic E-state index is 5.20. The standard InChI is InChI=1S/C14H19N3OS/c1-3-6-13-16-14(19-17-13)15-9-11-7-4-5-8-12(11)10-18-2/h4-5,7-8H,3,6,9-10H2,1-2H3,(H,15,16,17). The summed E-state index contributed by atoms with van der Waals surface area (Å²) in [5.74, 6) is 0.931. The van der Waals surface area contributed by atoms with Crippen molar-refractivity contribution in [3.8, 4) is 0 Å². The number of benzene rings is 1. The number of anilines is 1. The molecule has 0 unspecified atom stereocenters. The van der Waals surface area contributed by atoms with Crippen LogP contribution in [0.15, 0.2) is 24.3 Å². The SMILES string of the molecule is CCCc1nsc(NCc2ccccc2COC)n1. The lowest BCUT2D eigenvalue weighted by Crippen LogP contribution is -2.03. The van der Waals surface area contributed by atoms with Crippen molar-refractivity contribution in [2.45, 2.75) is 32.9 Å². The average Bonchev–Trinajstić information content (AvgIpc) is 2.86. The molecular formula is C14H19N3OS. The van der Waals surface area contributed by atoms with Gasteiger partial charge in [0.1, 0.15) is 5.82 Å². The number of methoxy groups -OCH3 is 1. The van der Waals surface area contributed by atoms with E-state index in [-0.39, 0.29) is 0 Å². The van der Waals surface area contributed by atoms with Gasteiger partial charge in [0.15, 0.2) is 0 Å². The van der Waals surface area contributed by atoms with E-state index >= 15 is 0 Å². The summed E-state index contributed by atoms with van der Waals surface area (Å²) in [4.78, 5) is 4.46. The molecular weight excluding hydrogens is 258 g/mol. The second-order valence-corrected chi connectivity index (χ2v) is 5.07. The van der Waals surface area contributed by atoms with E-state index in [1.54, 1.807) is 7.11 Å². The van der Waals surface area contributed by atoms with E-state index in [0.29, 0.717) is 6.61 Å². The zero-order valence-corrected chi connectivity index (χ0v) is 12.2. The molecule has 0 aliphatic heterocycles. The van der Waals surface area contributed by atoms with Gasteiger partial charge in [0.2, 0.25) is 5.13 Å². The van der Waals surface area contributed by atoms with Crippen LogP contribution in [0.25, 0.3) is 0 Å². The Morgan fingerprint density at radius 1 is 1.26 bits per heavy atom. The van der Waals surface area contributed by atoms with E-state index in [9.17, 15) is 0 Å². The molecule has 0 aliphatic rings. The van der Waals surface area contributed by atoms with Crippen LogP contribution in [-0.2, 0) is 24.3 Å². The molecule has 0 bridgehead atoms. The Hall–Kier alpha value is -1.46. The molecule has 0 aliphatic carbocycles. The maximum Gasteiger partial charge on any atom is 0.202 e. The van der Waals surface area contributed by atoms with Crippen molar-refractivity contribution in [1.29, 1.82) is 0 Å². The monoisotopic (exact) mass is 277 g/mol. The smallest absolute Gasteiger partial charge is 0.202 e. The van der Waals surface area contributed by atoms with Crippen molar-refractivity contribution < 1.29 is 4.74 Å². The Labute approximate surface area is 118 Å². The van der Waals surface area contributed by atoms with Crippen molar-refractivity contribution in [3.05, 3.63) is 41.2 Å². The van der Waals surface area contributed by atoms with E-state index in [0.717, 1.165) is 30.3 Å². The minimum Gasteiger partial charge on any atom is -0.380 e. The van der Waals surface area contributed by atoms with Crippen LogP contribution >= 0.6 is 11.5 Å². The third kappa shape index (κ3) is 4.01. The molecule has 5 heteroatoms. The van der Waals surface area contributed by atoms with Gasteiger partial charge in [-0.1, -0.05) is 31.2 Å². The van der Waals surface area contributed by atoms with E-state index < -0.39 is 0 Å². The lowest BCUT2D eigenvalue weighted by Gasteiger charge is -2.08. The van der Waals surface area contributed by atoms with Gasteiger partial charge in [0.25, 0.3) is 0 Å². The quantitative estimate of drug-likeness (QED) is 0.844. The molecule has 19 heavy (non-hydrogen) atoms. The highest BCUT2D eigenvalue weighted by atomic mass is 32.1. The van der Waals surface area contributed by atoms with Crippen LogP contribution in [0.2, 0.25) is 0 Å². The molecule has 0 saturated carbocycles. The lowest BCUT2D eigenvalue weighted by atomic mass is 10.1. The molecule has 1 heterocycles. The van der Waals surface area contributed by atoms with E-state index in [2.05, 4.69) is 33.7 Å². The zero-order valence-electron chi connectivity index (χ0n) is 11.3. The summed E-state index contributed by atoms with van der Waals surface area (Å²) in [6, 6.07) is 8.26. The minimum atomic E-state index is 0.634. The summed E-state index contributed by atoms with van der Waals surface area (Å²) in [5, 5.41) is 4.21. The van der Waals surface area contributed by atoms with E-state index in [1.807, 2.05) is 12.1 Å². The first-order chi connectivity index (χ1) is 9.33. The van der Waals surface area contributed by atoms with Gasteiger partial charge in [0, 0.05) is 31.6 Å². The minimum absolute atomic E-state index is 0.634. The molecule has 102 valence electrons. The molecule has 0 spiro atoms. The van der Waals surface area contributed by atoms with Gasteiger partial charge < -0.3 is 10.1 Å². The summed E-state index contributed by atoms with van der Waals surface area (Å²) in [6.07, 6.45) is 2.02. The topological polar surface area (TPSA) is 47.0 Å². The Balaban J connectivity index is 1.97. The molecule has 4 nitrogen and oxygen atoms in total. The first-order valence-corrected chi connectivity index (χ1v) is 7.23. The Kier molecular flexibility index (Phi) is 5.30. The van der Waals surface area contributed by atoms with Crippen LogP contribution in [0.1, 0.15) is 30.3 Å². The molecule has 1 aromatic heterocycles. The lowest BCUT2D eigenvalue weighted by molar-refractivity contribution is 0.184. The van der Waals surface area contributed by atoms with Crippen molar-refractivity contribution in [2.75, 3.05) is 12.4 Å². The summed E-state index contributed by atoms with van der Waals surface area (Å²) in [5.41, 5.74) is 2.44. The number of aryl methyl sites for hydroxylation is 1. The molecule has 0 fully saturated rings. The third-order valence-corrected chi connectivity index (χ3v) is 3.50. The van der Waals surface area contributed by atoms with Crippen LogP contribution in [0.5, 0.6) is 0 Å². The number of ether oxygens (including phenoxy) is 1. The van der Waals surface area contributed by atoms with Gasteiger partial charge in [-0.3, -0.25) is 0 Å². The molecule has 0 saturated heterocycles. The second kappa shape index (κ2) is 7.21. The van der Waals surface area contributed by atoms with Gasteiger partial charge in [-0.15, -0.1) is 0 Å². The number of hydrogen-bond acceptors (Lipinski definition) is 5. The van der Waals surface area contributed by atoms with Crippen LogP contribution in [-0.4, -0.2) is 16.5 Å². The number of rotatable bonds is 7. The Bertz CT molecular complexity index is 513. The predicted molar refractivity (Wildman–Crippen MR) is 78.4 cm³/mol. The van der Waals surface area contributed by atoms with Gasteiger partial charge in [-0.2, -0.15) is 4.37 Å².